The van der Waals surface area contributed by atoms with Crippen molar-refractivity contribution in [2.45, 2.75) is 18.2 Å². The summed E-state index contributed by atoms with van der Waals surface area (Å²) in [6, 6.07) is 6.17. The van der Waals surface area contributed by atoms with Crippen LogP contribution in [-0.2, 0) is 21.2 Å². The fourth-order valence-electron chi connectivity index (χ4n) is 1.69. The topological polar surface area (TPSA) is 112 Å². The standard InChI is InChI=1S/C12H13N3O4S/c1-8-11(7-13-14-8)20(18,19)15-10-4-2-9(3-5-10)6-12(16)17/h2-5,7,15H,6H2,1H3,(H,13,14)(H,16,17). The van der Waals surface area contributed by atoms with E-state index in [0.717, 1.165) is 0 Å². The van der Waals surface area contributed by atoms with Crippen molar-refractivity contribution in [3.8, 4) is 0 Å². The van der Waals surface area contributed by atoms with Gasteiger partial charge in [-0.2, -0.15) is 5.10 Å². The molecule has 0 unspecified atom stereocenters. The van der Waals surface area contributed by atoms with E-state index in [1.165, 1.54) is 18.3 Å². The number of aryl methyl sites for hydroxylation is 1. The minimum atomic E-state index is -3.70. The van der Waals surface area contributed by atoms with Gasteiger partial charge in [0.15, 0.2) is 0 Å². The van der Waals surface area contributed by atoms with E-state index in [9.17, 15) is 13.2 Å². The average molecular weight is 295 g/mol. The number of hydrogen-bond acceptors (Lipinski definition) is 4. The van der Waals surface area contributed by atoms with Gasteiger partial charge in [-0.3, -0.25) is 14.6 Å². The Bertz CT molecular complexity index is 719. The lowest BCUT2D eigenvalue weighted by Gasteiger charge is -2.07. The molecule has 8 heteroatoms. The predicted octanol–water partition coefficient (Wildman–Crippen LogP) is 1.15. The normalized spacial score (nSPS) is 11.2. The second kappa shape index (κ2) is 5.33. The maximum absolute atomic E-state index is 12.1. The van der Waals surface area contributed by atoms with E-state index in [0.29, 0.717) is 16.9 Å². The summed E-state index contributed by atoms with van der Waals surface area (Å²) >= 11 is 0. The summed E-state index contributed by atoms with van der Waals surface area (Å²) in [4.78, 5) is 10.6. The van der Waals surface area contributed by atoms with Crippen molar-refractivity contribution in [1.82, 2.24) is 10.2 Å². The first-order valence-corrected chi connectivity index (χ1v) is 7.20. The number of benzene rings is 1. The predicted molar refractivity (Wildman–Crippen MR) is 71.9 cm³/mol. The van der Waals surface area contributed by atoms with Crippen LogP contribution in [0.25, 0.3) is 0 Å². The van der Waals surface area contributed by atoms with Gasteiger partial charge in [0.05, 0.1) is 18.3 Å². The lowest BCUT2D eigenvalue weighted by Crippen LogP contribution is -2.13. The quantitative estimate of drug-likeness (QED) is 0.766. The molecule has 0 fully saturated rings. The van der Waals surface area contributed by atoms with E-state index in [2.05, 4.69) is 14.9 Å². The Balaban J connectivity index is 2.18. The molecule has 0 aliphatic carbocycles. The first-order valence-electron chi connectivity index (χ1n) is 5.72. The van der Waals surface area contributed by atoms with Crippen molar-refractivity contribution in [1.29, 1.82) is 0 Å². The Kier molecular flexibility index (Phi) is 3.75. The molecule has 0 aliphatic rings. The molecule has 0 atom stereocenters. The third-order valence-corrected chi connectivity index (χ3v) is 4.13. The summed E-state index contributed by atoms with van der Waals surface area (Å²) in [5.41, 5.74) is 1.40. The molecule has 1 aromatic carbocycles. The fraction of sp³-hybridized carbons (Fsp3) is 0.167. The van der Waals surface area contributed by atoms with Gasteiger partial charge in [-0.25, -0.2) is 8.42 Å². The molecule has 0 saturated carbocycles. The number of carboxylic acids is 1. The number of aliphatic carboxylic acids is 1. The Labute approximate surface area is 115 Å². The molecule has 0 bridgehead atoms. The Hall–Kier alpha value is -2.35. The van der Waals surface area contributed by atoms with Crippen molar-refractivity contribution in [3.63, 3.8) is 0 Å². The van der Waals surface area contributed by atoms with Crippen molar-refractivity contribution >= 4 is 21.7 Å². The average Bonchev–Trinajstić information content (AvgIpc) is 2.78. The fourth-order valence-corrected chi connectivity index (χ4v) is 2.88. The van der Waals surface area contributed by atoms with Crippen molar-refractivity contribution in [2.24, 2.45) is 0 Å². The number of hydrogen-bond donors (Lipinski definition) is 3. The molecule has 106 valence electrons. The number of aromatic amines is 1. The lowest BCUT2D eigenvalue weighted by molar-refractivity contribution is -0.136. The van der Waals surface area contributed by atoms with Gasteiger partial charge < -0.3 is 5.11 Å². The SMILES string of the molecule is Cc1[nH]ncc1S(=O)(=O)Nc1ccc(CC(=O)O)cc1. The number of anilines is 1. The maximum Gasteiger partial charge on any atom is 0.307 e. The molecule has 0 aliphatic heterocycles. The van der Waals surface area contributed by atoms with Crippen molar-refractivity contribution in [2.75, 3.05) is 4.72 Å². The number of carboxylic acid groups (broad SMARTS) is 1. The molecular weight excluding hydrogens is 282 g/mol. The van der Waals surface area contributed by atoms with Crippen LogP contribution in [0.5, 0.6) is 0 Å². The van der Waals surface area contributed by atoms with E-state index < -0.39 is 16.0 Å². The van der Waals surface area contributed by atoms with Gasteiger partial charge in [-0.05, 0) is 24.6 Å². The number of nitrogens with zero attached hydrogens (tertiary/aromatic N) is 1. The third-order valence-electron chi connectivity index (χ3n) is 2.63. The largest absolute Gasteiger partial charge is 0.481 e. The monoisotopic (exact) mass is 295 g/mol. The molecule has 20 heavy (non-hydrogen) atoms. The number of aromatic nitrogens is 2. The maximum atomic E-state index is 12.1. The molecule has 7 nitrogen and oxygen atoms in total. The number of H-pyrrole nitrogens is 1. The van der Waals surface area contributed by atoms with Gasteiger partial charge in [0, 0.05) is 5.69 Å². The molecular formula is C12H13N3O4S. The van der Waals surface area contributed by atoms with Crippen molar-refractivity contribution in [3.05, 3.63) is 41.7 Å². The van der Waals surface area contributed by atoms with Crippen LogP contribution in [0.2, 0.25) is 0 Å². The zero-order valence-corrected chi connectivity index (χ0v) is 11.4. The first-order chi connectivity index (χ1) is 9.38. The molecule has 2 aromatic rings. The van der Waals surface area contributed by atoms with Crippen molar-refractivity contribution < 1.29 is 18.3 Å². The number of rotatable bonds is 5. The molecule has 3 N–H and O–H groups in total. The Morgan fingerprint density at radius 3 is 2.50 bits per heavy atom. The summed E-state index contributed by atoms with van der Waals surface area (Å²) < 4.78 is 26.6. The molecule has 2 rings (SSSR count). The van der Waals surface area contributed by atoms with E-state index in [-0.39, 0.29) is 11.3 Å². The summed E-state index contributed by atoms with van der Waals surface area (Å²) in [6.07, 6.45) is 1.13. The third kappa shape index (κ3) is 3.15. The highest BCUT2D eigenvalue weighted by Crippen LogP contribution is 2.18. The first kappa shape index (κ1) is 14.1. The minimum Gasteiger partial charge on any atom is -0.481 e. The van der Waals surface area contributed by atoms with Gasteiger partial charge >= 0.3 is 5.97 Å². The van der Waals surface area contributed by atoms with Crippen LogP contribution in [0, 0.1) is 6.92 Å². The van der Waals surface area contributed by atoms with Crippen LogP contribution >= 0.6 is 0 Å². The van der Waals surface area contributed by atoms with Gasteiger partial charge in [0.25, 0.3) is 10.0 Å². The van der Waals surface area contributed by atoms with Crippen LogP contribution in [0.3, 0.4) is 0 Å². The summed E-state index contributed by atoms with van der Waals surface area (Å²) in [5, 5.41) is 14.9. The van der Waals surface area contributed by atoms with Crippen LogP contribution in [-0.4, -0.2) is 29.7 Å². The highest BCUT2D eigenvalue weighted by molar-refractivity contribution is 7.92. The highest BCUT2D eigenvalue weighted by atomic mass is 32.2. The zero-order valence-electron chi connectivity index (χ0n) is 10.6. The second-order valence-electron chi connectivity index (χ2n) is 4.23. The van der Waals surface area contributed by atoms with E-state index in [1.54, 1.807) is 19.1 Å². The minimum absolute atomic E-state index is 0.0760. The lowest BCUT2D eigenvalue weighted by atomic mass is 10.1. The molecule has 0 saturated heterocycles. The molecule has 1 aromatic heterocycles. The second-order valence-corrected chi connectivity index (χ2v) is 5.88. The van der Waals surface area contributed by atoms with Gasteiger partial charge in [-0.1, -0.05) is 12.1 Å². The molecule has 1 heterocycles. The zero-order chi connectivity index (χ0) is 14.8. The highest BCUT2D eigenvalue weighted by Gasteiger charge is 2.18. The smallest absolute Gasteiger partial charge is 0.307 e. The number of sulfonamides is 1. The van der Waals surface area contributed by atoms with Gasteiger partial charge in [0.2, 0.25) is 0 Å². The molecule has 0 radical (unpaired) electrons. The van der Waals surface area contributed by atoms with Gasteiger partial charge in [-0.15, -0.1) is 0 Å². The summed E-state index contributed by atoms with van der Waals surface area (Å²) in [5.74, 6) is -0.938. The molecule has 0 spiro atoms. The van der Waals surface area contributed by atoms with Crippen LogP contribution in [0.1, 0.15) is 11.3 Å². The number of nitrogens with one attached hydrogen (secondary N) is 2. The van der Waals surface area contributed by atoms with E-state index in [4.69, 9.17) is 5.11 Å². The van der Waals surface area contributed by atoms with Crippen LogP contribution in [0.4, 0.5) is 5.69 Å². The Morgan fingerprint density at radius 1 is 1.35 bits per heavy atom. The van der Waals surface area contributed by atoms with E-state index >= 15 is 0 Å². The number of carbonyl (C=O) groups is 1. The van der Waals surface area contributed by atoms with Gasteiger partial charge in [0.1, 0.15) is 4.90 Å². The summed E-state index contributed by atoms with van der Waals surface area (Å²) in [6.45, 7) is 1.61. The van der Waals surface area contributed by atoms with Crippen LogP contribution in [0.15, 0.2) is 35.4 Å². The molecule has 0 amide bonds. The van der Waals surface area contributed by atoms with E-state index in [1.807, 2.05) is 0 Å². The summed E-state index contributed by atoms with van der Waals surface area (Å²) in [7, 11) is -3.70. The van der Waals surface area contributed by atoms with Crippen LogP contribution < -0.4 is 4.72 Å². The Morgan fingerprint density at radius 2 is 2.00 bits per heavy atom.